The molecular formula is C18H25FN2O3. The molecule has 1 saturated carbocycles. The predicted octanol–water partition coefficient (Wildman–Crippen LogP) is 1.70. The van der Waals surface area contributed by atoms with E-state index in [0.29, 0.717) is 5.75 Å². The lowest BCUT2D eigenvalue weighted by Crippen LogP contribution is -2.56. The first-order chi connectivity index (χ1) is 11.6. The SMILES string of the molecule is O=C(COc1cccc(F)c1)N[C@@H]1CCC[C@@H](N2CCCC2)[C@@H]1O. The van der Waals surface area contributed by atoms with E-state index in [2.05, 4.69) is 10.2 Å². The maximum Gasteiger partial charge on any atom is 0.258 e. The number of hydrogen-bond donors (Lipinski definition) is 2. The molecule has 1 aromatic carbocycles. The zero-order valence-corrected chi connectivity index (χ0v) is 13.8. The Kier molecular flexibility index (Phi) is 5.68. The van der Waals surface area contributed by atoms with Crippen molar-refractivity contribution >= 4 is 5.91 Å². The zero-order valence-electron chi connectivity index (χ0n) is 13.8. The van der Waals surface area contributed by atoms with Gasteiger partial charge in [-0.2, -0.15) is 0 Å². The van der Waals surface area contributed by atoms with Crippen LogP contribution in [-0.4, -0.2) is 53.8 Å². The number of ether oxygens (including phenoxy) is 1. The topological polar surface area (TPSA) is 61.8 Å². The Morgan fingerprint density at radius 2 is 2.08 bits per heavy atom. The van der Waals surface area contributed by atoms with Gasteiger partial charge in [-0.25, -0.2) is 4.39 Å². The summed E-state index contributed by atoms with van der Waals surface area (Å²) in [5, 5.41) is 13.5. The van der Waals surface area contributed by atoms with Crippen LogP contribution < -0.4 is 10.1 Å². The van der Waals surface area contributed by atoms with Crippen molar-refractivity contribution in [2.75, 3.05) is 19.7 Å². The van der Waals surface area contributed by atoms with Crippen LogP contribution in [0.15, 0.2) is 24.3 Å². The molecule has 2 aliphatic rings. The first-order valence-corrected chi connectivity index (χ1v) is 8.73. The summed E-state index contributed by atoms with van der Waals surface area (Å²) in [5.41, 5.74) is 0. The van der Waals surface area contributed by atoms with Crippen molar-refractivity contribution in [3.63, 3.8) is 0 Å². The van der Waals surface area contributed by atoms with Crippen LogP contribution in [0.5, 0.6) is 5.75 Å². The minimum Gasteiger partial charge on any atom is -0.484 e. The highest BCUT2D eigenvalue weighted by Crippen LogP contribution is 2.26. The van der Waals surface area contributed by atoms with Crippen LogP contribution in [0, 0.1) is 5.82 Å². The lowest BCUT2D eigenvalue weighted by molar-refractivity contribution is -0.125. The maximum atomic E-state index is 13.1. The van der Waals surface area contributed by atoms with E-state index in [1.807, 2.05) is 0 Å². The number of amides is 1. The highest BCUT2D eigenvalue weighted by atomic mass is 19.1. The summed E-state index contributed by atoms with van der Waals surface area (Å²) in [7, 11) is 0. The van der Waals surface area contributed by atoms with E-state index >= 15 is 0 Å². The summed E-state index contributed by atoms with van der Waals surface area (Å²) in [4.78, 5) is 14.4. The number of benzene rings is 1. The molecule has 6 heteroatoms. The molecule has 0 bridgehead atoms. The van der Waals surface area contributed by atoms with Crippen LogP contribution >= 0.6 is 0 Å². The Hall–Kier alpha value is -1.66. The number of likely N-dealkylation sites (tertiary alicyclic amines) is 1. The fourth-order valence-electron chi connectivity index (χ4n) is 3.74. The molecule has 1 saturated heterocycles. The molecular weight excluding hydrogens is 311 g/mol. The highest BCUT2D eigenvalue weighted by Gasteiger charge is 2.36. The maximum absolute atomic E-state index is 13.1. The molecule has 1 amide bonds. The Morgan fingerprint density at radius 3 is 2.83 bits per heavy atom. The molecule has 0 spiro atoms. The number of carbonyl (C=O) groups is 1. The monoisotopic (exact) mass is 336 g/mol. The summed E-state index contributed by atoms with van der Waals surface area (Å²) in [6, 6.07) is 5.60. The summed E-state index contributed by atoms with van der Waals surface area (Å²) < 4.78 is 18.4. The summed E-state index contributed by atoms with van der Waals surface area (Å²) in [6.45, 7) is 1.89. The third kappa shape index (κ3) is 4.24. The summed E-state index contributed by atoms with van der Waals surface area (Å²) >= 11 is 0. The van der Waals surface area contributed by atoms with Gasteiger partial charge in [-0.1, -0.05) is 6.07 Å². The quantitative estimate of drug-likeness (QED) is 0.859. The largest absolute Gasteiger partial charge is 0.484 e. The van der Waals surface area contributed by atoms with E-state index in [0.717, 1.165) is 32.4 Å². The van der Waals surface area contributed by atoms with E-state index in [1.54, 1.807) is 6.07 Å². The number of nitrogens with one attached hydrogen (secondary N) is 1. The van der Waals surface area contributed by atoms with Crippen LogP contribution in [0.25, 0.3) is 0 Å². The second kappa shape index (κ2) is 7.94. The number of halogens is 1. The van der Waals surface area contributed by atoms with Gasteiger partial charge >= 0.3 is 0 Å². The molecule has 2 fully saturated rings. The lowest BCUT2D eigenvalue weighted by atomic mass is 9.87. The Bertz CT molecular complexity index is 563. The van der Waals surface area contributed by atoms with Crippen molar-refractivity contribution in [1.29, 1.82) is 0 Å². The molecule has 2 N–H and O–H groups in total. The number of aliphatic hydroxyl groups excluding tert-OH is 1. The van der Waals surface area contributed by atoms with E-state index in [4.69, 9.17) is 4.74 Å². The number of nitrogens with zero attached hydrogens (tertiary/aromatic N) is 1. The van der Waals surface area contributed by atoms with E-state index in [1.165, 1.54) is 31.0 Å². The van der Waals surface area contributed by atoms with Gasteiger partial charge in [0.15, 0.2) is 6.61 Å². The summed E-state index contributed by atoms with van der Waals surface area (Å²) in [5.74, 6) is -0.362. The normalized spacial score (nSPS) is 27.8. The Labute approximate surface area is 141 Å². The Morgan fingerprint density at radius 1 is 1.29 bits per heavy atom. The molecule has 3 rings (SSSR count). The van der Waals surface area contributed by atoms with E-state index < -0.39 is 11.9 Å². The van der Waals surface area contributed by atoms with Gasteiger partial charge in [0.25, 0.3) is 5.91 Å². The molecule has 132 valence electrons. The van der Waals surface area contributed by atoms with Crippen LogP contribution in [0.4, 0.5) is 4.39 Å². The van der Waals surface area contributed by atoms with E-state index in [9.17, 15) is 14.3 Å². The van der Waals surface area contributed by atoms with Crippen LogP contribution in [-0.2, 0) is 4.79 Å². The smallest absolute Gasteiger partial charge is 0.258 e. The van der Waals surface area contributed by atoms with Gasteiger partial charge < -0.3 is 15.2 Å². The molecule has 3 atom stereocenters. The minimum atomic E-state index is -0.546. The average molecular weight is 336 g/mol. The third-order valence-corrected chi connectivity index (χ3v) is 4.94. The number of aliphatic hydroxyl groups is 1. The first kappa shape index (κ1) is 17.2. The van der Waals surface area contributed by atoms with Crippen molar-refractivity contribution in [2.45, 2.75) is 50.3 Å². The van der Waals surface area contributed by atoms with Crippen molar-refractivity contribution in [3.8, 4) is 5.75 Å². The van der Waals surface area contributed by atoms with Gasteiger partial charge in [-0.05, 0) is 57.3 Å². The van der Waals surface area contributed by atoms with Gasteiger partial charge in [-0.15, -0.1) is 0 Å². The molecule has 0 radical (unpaired) electrons. The standard InChI is InChI=1S/C18H25FN2O3/c19-13-5-3-6-14(11-13)24-12-17(22)20-15-7-4-8-16(18(15)23)21-9-1-2-10-21/h3,5-6,11,15-16,18,23H,1-2,4,7-10,12H2,(H,20,22)/t15-,16-,18-/m1/s1. The zero-order chi connectivity index (χ0) is 16.9. The van der Waals surface area contributed by atoms with Crippen LogP contribution in [0.1, 0.15) is 32.1 Å². The second-order valence-electron chi connectivity index (χ2n) is 6.65. The van der Waals surface area contributed by atoms with Crippen molar-refractivity contribution < 1.29 is 19.0 Å². The number of carbonyl (C=O) groups excluding carboxylic acids is 1. The van der Waals surface area contributed by atoms with E-state index in [-0.39, 0.29) is 24.6 Å². The lowest BCUT2D eigenvalue weighted by Gasteiger charge is -2.40. The first-order valence-electron chi connectivity index (χ1n) is 8.73. The Balaban J connectivity index is 1.49. The van der Waals surface area contributed by atoms with Crippen LogP contribution in [0.3, 0.4) is 0 Å². The second-order valence-corrected chi connectivity index (χ2v) is 6.65. The molecule has 1 aliphatic carbocycles. The van der Waals surface area contributed by atoms with Gasteiger partial charge in [-0.3, -0.25) is 9.69 Å². The van der Waals surface area contributed by atoms with Gasteiger partial charge in [0.1, 0.15) is 11.6 Å². The third-order valence-electron chi connectivity index (χ3n) is 4.94. The van der Waals surface area contributed by atoms with Crippen molar-refractivity contribution in [1.82, 2.24) is 10.2 Å². The van der Waals surface area contributed by atoms with Gasteiger partial charge in [0, 0.05) is 12.1 Å². The molecule has 1 aromatic rings. The number of rotatable bonds is 5. The minimum absolute atomic E-state index is 0.135. The molecule has 1 aliphatic heterocycles. The average Bonchev–Trinajstić information content (AvgIpc) is 3.09. The number of hydrogen-bond acceptors (Lipinski definition) is 4. The molecule has 5 nitrogen and oxygen atoms in total. The molecule has 1 heterocycles. The molecule has 24 heavy (non-hydrogen) atoms. The summed E-state index contributed by atoms with van der Waals surface area (Å²) in [6.07, 6.45) is 4.57. The highest BCUT2D eigenvalue weighted by molar-refractivity contribution is 5.77. The fraction of sp³-hybridized carbons (Fsp3) is 0.611. The predicted molar refractivity (Wildman–Crippen MR) is 88.3 cm³/mol. The van der Waals surface area contributed by atoms with Crippen molar-refractivity contribution in [2.24, 2.45) is 0 Å². The van der Waals surface area contributed by atoms with Gasteiger partial charge in [0.05, 0.1) is 12.1 Å². The van der Waals surface area contributed by atoms with Crippen molar-refractivity contribution in [3.05, 3.63) is 30.1 Å². The van der Waals surface area contributed by atoms with Crippen LogP contribution in [0.2, 0.25) is 0 Å². The fourth-order valence-corrected chi connectivity index (χ4v) is 3.74. The molecule has 0 aromatic heterocycles. The molecule has 0 unspecified atom stereocenters. The van der Waals surface area contributed by atoms with Gasteiger partial charge in [0.2, 0.25) is 0 Å².